The lowest BCUT2D eigenvalue weighted by Crippen LogP contribution is -2.46. The van der Waals surface area contributed by atoms with Crippen LogP contribution < -0.4 is 0 Å². The molecule has 2 aromatic rings. The van der Waals surface area contributed by atoms with Crippen molar-refractivity contribution in [2.24, 2.45) is 18.9 Å². The summed E-state index contributed by atoms with van der Waals surface area (Å²) in [7, 11) is 4.06. The molecule has 5 nitrogen and oxygen atoms in total. The molecule has 1 fully saturated rings. The number of hydrogen-bond donors (Lipinski definition) is 0. The van der Waals surface area contributed by atoms with Gasteiger partial charge in [-0.05, 0) is 62.8 Å². The molecule has 1 aliphatic rings. The molecule has 32 heavy (non-hydrogen) atoms. The summed E-state index contributed by atoms with van der Waals surface area (Å²) in [6.07, 6.45) is 8.24. The van der Waals surface area contributed by atoms with Gasteiger partial charge in [-0.3, -0.25) is 14.4 Å². The largest absolute Gasteiger partial charge is 0.339 e. The van der Waals surface area contributed by atoms with Gasteiger partial charge in [0.1, 0.15) is 5.82 Å². The van der Waals surface area contributed by atoms with Crippen LogP contribution in [0.5, 0.6) is 0 Å². The number of rotatable bonds is 8. The van der Waals surface area contributed by atoms with Crippen molar-refractivity contribution < 1.29 is 9.18 Å². The van der Waals surface area contributed by atoms with Crippen molar-refractivity contribution in [3.63, 3.8) is 0 Å². The SMILES string of the molecule is Cc1nn(C)cc1CN(C)C(Cc1ccccc1F)C1CCN(C(=O)/C=C/C(C)C)CC1. The number of benzene rings is 1. The Morgan fingerprint density at radius 2 is 1.94 bits per heavy atom. The molecule has 0 radical (unpaired) electrons. The highest BCUT2D eigenvalue weighted by atomic mass is 19.1. The Balaban J connectivity index is 1.73. The normalized spacial score (nSPS) is 16.4. The standard InChI is InChI=1S/C26H37FN4O/c1-19(2)10-11-26(32)31-14-12-21(13-15-31)25(16-22-8-6-7-9-24(22)27)29(4)17-23-18-30(5)28-20(23)3/h6-11,18-19,21,25H,12-17H2,1-5H3/b11-10+. The van der Waals surface area contributed by atoms with Gasteiger partial charge in [0.15, 0.2) is 0 Å². The van der Waals surface area contributed by atoms with Gasteiger partial charge in [-0.1, -0.05) is 38.1 Å². The van der Waals surface area contributed by atoms with Gasteiger partial charge in [0.05, 0.1) is 5.69 Å². The Morgan fingerprint density at radius 1 is 1.25 bits per heavy atom. The number of amides is 1. The highest BCUT2D eigenvalue weighted by molar-refractivity contribution is 5.87. The molecule has 1 unspecified atom stereocenters. The number of aryl methyl sites for hydroxylation is 2. The first kappa shape index (κ1) is 24.2. The van der Waals surface area contributed by atoms with Gasteiger partial charge in [-0.2, -0.15) is 5.10 Å². The van der Waals surface area contributed by atoms with E-state index in [-0.39, 0.29) is 17.8 Å². The first-order valence-electron chi connectivity index (χ1n) is 11.6. The summed E-state index contributed by atoms with van der Waals surface area (Å²) in [4.78, 5) is 16.8. The lowest BCUT2D eigenvalue weighted by Gasteiger charge is -2.40. The van der Waals surface area contributed by atoms with E-state index in [1.54, 1.807) is 18.2 Å². The van der Waals surface area contributed by atoms with E-state index < -0.39 is 0 Å². The van der Waals surface area contributed by atoms with Crippen LogP contribution in [0.3, 0.4) is 0 Å². The molecule has 3 rings (SSSR count). The molecule has 1 aromatic heterocycles. The fraction of sp³-hybridized carbons (Fsp3) is 0.538. The molecule has 6 heteroatoms. The molecule has 0 aliphatic carbocycles. The van der Waals surface area contributed by atoms with Crippen molar-refractivity contribution in [2.45, 2.75) is 52.6 Å². The van der Waals surface area contributed by atoms with E-state index in [4.69, 9.17) is 0 Å². The fourth-order valence-electron chi connectivity index (χ4n) is 4.65. The van der Waals surface area contributed by atoms with E-state index >= 15 is 0 Å². The molecular weight excluding hydrogens is 403 g/mol. The Bertz CT molecular complexity index is 928. The highest BCUT2D eigenvalue weighted by Gasteiger charge is 2.31. The summed E-state index contributed by atoms with van der Waals surface area (Å²) < 4.78 is 16.3. The summed E-state index contributed by atoms with van der Waals surface area (Å²) >= 11 is 0. The van der Waals surface area contributed by atoms with Gasteiger partial charge in [0.2, 0.25) is 5.91 Å². The smallest absolute Gasteiger partial charge is 0.246 e. The van der Waals surface area contributed by atoms with E-state index in [1.165, 1.54) is 5.56 Å². The average Bonchev–Trinajstić information content (AvgIpc) is 3.08. The van der Waals surface area contributed by atoms with E-state index in [2.05, 4.69) is 37.1 Å². The lowest BCUT2D eigenvalue weighted by molar-refractivity contribution is -0.127. The Morgan fingerprint density at radius 3 is 2.53 bits per heavy atom. The summed E-state index contributed by atoms with van der Waals surface area (Å²) in [5.74, 6) is 0.720. The van der Waals surface area contributed by atoms with Crippen molar-refractivity contribution in [2.75, 3.05) is 20.1 Å². The minimum absolute atomic E-state index is 0.0992. The minimum atomic E-state index is -0.144. The number of carbonyl (C=O) groups excluding carboxylic acids is 1. The lowest BCUT2D eigenvalue weighted by atomic mass is 9.84. The maximum Gasteiger partial charge on any atom is 0.246 e. The van der Waals surface area contributed by atoms with E-state index in [1.807, 2.05) is 41.8 Å². The van der Waals surface area contributed by atoms with Crippen molar-refractivity contribution in [1.82, 2.24) is 19.6 Å². The third-order valence-electron chi connectivity index (χ3n) is 6.51. The molecule has 0 bridgehead atoms. The Kier molecular flexibility index (Phi) is 8.24. The maximum atomic E-state index is 14.5. The number of likely N-dealkylation sites (N-methyl/N-ethyl adjacent to an activating group) is 1. The van der Waals surface area contributed by atoms with Crippen molar-refractivity contribution >= 4 is 5.91 Å². The second kappa shape index (κ2) is 10.9. The predicted molar refractivity (Wildman–Crippen MR) is 127 cm³/mol. The molecule has 0 N–H and O–H groups in total. The molecule has 1 saturated heterocycles. The molecule has 1 aliphatic heterocycles. The van der Waals surface area contributed by atoms with Crippen LogP contribution in [0.15, 0.2) is 42.6 Å². The van der Waals surface area contributed by atoms with Crippen LogP contribution in [-0.2, 0) is 24.8 Å². The summed E-state index contributed by atoms with van der Waals surface area (Å²) in [6.45, 7) is 8.45. The molecule has 2 heterocycles. The Hall–Kier alpha value is -2.47. The quantitative estimate of drug-likeness (QED) is 0.573. The van der Waals surface area contributed by atoms with E-state index in [0.717, 1.165) is 43.7 Å². The van der Waals surface area contributed by atoms with Crippen molar-refractivity contribution in [3.05, 3.63) is 65.3 Å². The van der Waals surface area contributed by atoms with E-state index in [0.29, 0.717) is 18.3 Å². The third-order valence-corrected chi connectivity index (χ3v) is 6.51. The van der Waals surface area contributed by atoms with Gasteiger partial charge in [0, 0.05) is 44.5 Å². The number of piperidine rings is 1. The second-order valence-corrected chi connectivity index (χ2v) is 9.46. The number of halogens is 1. The molecule has 0 spiro atoms. The number of carbonyl (C=O) groups is 1. The second-order valence-electron chi connectivity index (χ2n) is 9.46. The number of likely N-dealkylation sites (tertiary alicyclic amines) is 1. The molecule has 1 amide bonds. The van der Waals surface area contributed by atoms with Crippen LogP contribution in [0.2, 0.25) is 0 Å². The fourth-order valence-corrected chi connectivity index (χ4v) is 4.65. The van der Waals surface area contributed by atoms with E-state index in [9.17, 15) is 9.18 Å². The minimum Gasteiger partial charge on any atom is -0.339 e. The van der Waals surface area contributed by atoms with Gasteiger partial charge in [-0.15, -0.1) is 0 Å². The van der Waals surface area contributed by atoms with Crippen molar-refractivity contribution in [3.8, 4) is 0 Å². The molecule has 0 saturated carbocycles. The van der Waals surface area contributed by atoms with Gasteiger partial charge < -0.3 is 4.90 Å². The van der Waals surface area contributed by atoms with Crippen LogP contribution in [0.4, 0.5) is 4.39 Å². The first-order chi connectivity index (χ1) is 15.2. The maximum absolute atomic E-state index is 14.5. The number of allylic oxidation sites excluding steroid dienone is 1. The predicted octanol–water partition coefficient (Wildman–Crippen LogP) is 4.36. The summed E-state index contributed by atoms with van der Waals surface area (Å²) in [5, 5.41) is 4.47. The summed E-state index contributed by atoms with van der Waals surface area (Å²) in [5.41, 5.74) is 2.98. The highest BCUT2D eigenvalue weighted by Crippen LogP contribution is 2.28. The Labute approximate surface area is 191 Å². The molecule has 1 aromatic carbocycles. The molecular formula is C26H37FN4O. The molecule has 174 valence electrons. The zero-order valence-electron chi connectivity index (χ0n) is 20.1. The topological polar surface area (TPSA) is 41.4 Å². The molecule has 1 atom stereocenters. The third kappa shape index (κ3) is 6.28. The average molecular weight is 441 g/mol. The number of nitrogens with zero attached hydrogens (tertiary/aromatic N) is 4. The monoisotopic (exact) mass is 440 g/mol. The number of hydrogen-bond acceptors (Lipinski definition) is 3. The summed E-state index contributed by atoms with van der Waals surface area (Å²) in [6, 6.07) is 7.27. The van der Waals surface area contributed by atoms with Crippen LogP contribution in [0.1, 0.15) is 43.5 Å². The van der Waals surface area contributed by atoms with Crippen LogP contribution in [0, 0.1) is 24.6 Å². The van der Waals surface area contributed by atoms with Crippen LogP contribution in [-0.4, -0.2) is 51.7 Å². The first-order valence-corrected chi connectivity index (χ1v) is 11.6. The van der Waals surface area contributed by atoms with Crippen LogP contribution >= 0.6 is 0 Å². The van der Waals surface area contributed by atoms with Gasteiger partial charge in [-0.25, -0.2) is 4.39 Å². The zero-order chi connectivity index (χ0) is 23.3. The van der Waals surface area contributed by atoms with Gasteiger partial charge in [0.25, 0.3) is 0 Å². The zero-order valence-corrected chi connectivity index (χ0v) is 20.1. The van der Waals surface area contributed by atoms with Crippen molar-refractivity contribution in [1.29, 1.82) is 0 Å². The van der Waals surface area contributed by atoms with Gasteiger partial charge >= 0.3 is 0 Å². The van der Waals surface area contributed by atoms with Crippen LogP contribution in [0.25, 0.3) is 0 Å². The number of aromatic nitrogens is 2.